The zero-order valence-corrected chi connectivity index (χ0v) is 14.7. The molecule has 0 aliphatic heterocycles. The molecule has 0 aliphatic carbocycles. The summed E-state index contributed by atoms with van der Waals surface area (Å²) in [5.41, 5.74) is 0. The van der Waals surface area contributed by atoms with Gasteiger partial charge in [0.1, 0.15) is 0 Å². The minimum absolute atomic E-state index is 0. The fraction of sp³-hybridized carbons (Fsp3) is 0. The first-order chi connectivity index (χ1) is 10.0. The van der Waals surface area contributed by atoms with Gasteiger partial charge >= 0.3 is 24.8 Å². The third-order valence-corrected chi connectivity index (χ3v) is 1.82. The van der Waals surface area contributed by atoms with Crippen LogP contribution in [0.3, 0.4) is 0 Å². The predicted molar refractivity (Wildman–Crippen MR) is 92.8 cm³/mol. The summed E-state index contributed by atoms with van der Waals surface area (Å²) in [4.78, 5) is 0. The van der Waals surface area contributed by atoms with Gasteiger partial charge in [0.25, 0.3) is 0 Å². The van der Waals surface area contributed by atoms with E-state index >= 15 is 0 Å². The summed E-state index contributed by atoms with van der Waals surface area (Å²) < 4.78 is 0. The maximum atomic E-state index is 4.26. The maximum Gasteiger partial charge on any atom is -0.171 e. The summed E-state index contributed by atoms with van der Waals surface area (Å²) in [5, 5.41) is 0. The van der Waals surface area contributed by atoms with Gasteiger partial charge in [-0.2, -0.15) is 119 Å². The van der Waals surface area contributed by atoms with Crippen LogP contribution in [0.1, 0.15) is 0 Å². The molecule has 1 atom stereocenters. The Kier molecular flexibility index (Phi) is 22.3. The minimum atomic E-state index is 0. The summed E-state index contributed by atoms with van der Waals surface area (Å²) in [6.07, 6.45) is 0. The van der Waals surface area contributed by atoms with Gasteiger partial charge in [0.15, 0.2) is 0 Å². The van der Waals surface area contributed by atoms with Crippen molar-refractivity contribution in [1.29, 1.82) is 0 Å². The van der Waals surface area contributed by atoms with Crippen LogP contribution in [0.4, 0.5) is 0 Å². The molecule has 3 aromatic rings. The molecule has 21 heavy (non-hydrogen) atoms. The molecule has 0 nitrogen and oxygen atoms in total. The van der Waals surface area contributed by atoms with E-state index < -0.39 is 0 Å². The molecule has 0 saturated carbocycles. The van der Waals surface area contributed by atoms with Gasteiger partial charge in [-0.25, -0.2) is 0 Å². The molecule has 0 aliphatic rings. The Morgan fingerprint density at radius 3 is 0.667 bits per heavy atom. The molecule has 115 valence electrons. The third kappa shape index (κ3) is 18.9. The van der Waals surface area contributed by atoms with Gasteiger partial charge in [-0.3, -0.25) is 0 Å². The first kappa shape index (κ1) is 22.2. The molecule has 1 unspecified atom stereocenters. The van der Waals surface area contributed by atoms with Crippen LogP contribution in [0.5, 0.6) is 0 Å². The zero-order chi connectivity index (χ0) is 14.7. The molecule has 0 bridgehead atoms. The van der Waals surface area contributed by atoms with Crippen molar-refractivity contribution < 1.29 is 14.6 Å². The second kappa shape index (κ2) is 21.2. The van der Waals surface area contributed by atoms with Crippen LogP contribution in [-0.2, 0) is 14.6 Å². The molecule has 3 rings (SSSR count). The summed E-state index contributed by atoms with van der Waals surface area (Å²) in [7, 11) is 4.26. The van der Waals surface area contributed by atoms with Crippen molar-refractivity contribution in [2.45, 2.75) is 0 Å². The van der Waals surface area contributed by atoms with Crippen molar-refractivity contribution in [2.75, 3.05) is 0 Å². The zero-order valence-electron chi connectivity index (χ0n) is 11.6. The van der Waals surface area contributed by atoms with Crippen LogP contribution in [0.2, 0.25) is 0 Å². The molecule has 0 heterocycles. The SMILES string of the molecule is P.[Cl][Ni].[c-]1ccccc1.[c-]1ccccc1.[c-]1ccccc1. The summed E-state index contributed by atoms with van der Waals surface area (Å²) in [6, 6.07) is 37.5. The Morgan fingerprint density at radius 1 is 0.429 bits per heavy atom. The van der Waals surface area contributed by atoms with Gasteiger partial charge < -0.3 is 0 Å². The second-order valence-electron chi connectivity index (χ2n) is 3.23. The first-order valence-electron chi connectivity index (χ1n) is 5.85. The fourth-order valence-corrected chi connectivity index (χ4v) is 1.03. The number of hydrogen-bond acceptors (Lipinski definition) is 0. The van der Waals surface area contributed by atoms with E-state index in [0.717, 1.165) is 0 Å². The summed E-state index contributed by atoms with van der Waals surface area (Å²) >= 11 is 3.35. The van der Waals surface area contributed by atoms with Crippen LogP contribution in [0.15, 0.2) is 91.0 Å². The Hall–Kier alpha value is -1.13. The summed E-state index contributed by atoms with van der Waals surface area (Å²) in [5.74, 6) is 0. The standard InChI is InChI=1S/3C6H5.ClH.Ni.H3P/c3*1-2-4-6-5-3-1;;;/h3*1-5H;1H;;1H3/q3*-1;;+1;/p-1. The van der Waals surface area contributed by atoms with Gasteiger partial charge in [-0.15, -0.1) is 0 Å². The van der Waals surface area contributed by atoms with Crippen molar-refractivity contribution in [3.05, 3.63) is 109 Å². The Labute approximate surface area is 143 Å². The van der Waals surface area contributed by atoms with Crippen molar-refractivity contribution in [3.63, 3.8) is 0 Å². The summed E-state index contributed by atoms with van der Waals surface area (Å²) in [6.45, 7) is 0. The maximum absolute atomic E-state index is 4.26. The molecule has 3 aromatic carbocycles. The van der Waals surface area contributed by atoms with Gasteiger partial charge in [-0.1, -0.05) is 0 Å². The third-order valence-electron chi connectivity index (χ3n) is 1.82. The topological polar surface area (TPSA) is 0 Å². The van der Waals surface area contributed by atoms with Crippen LogP contribution in [0, 0.1) is 18.2 Å². The van der Waals surface area contributed by atoms with Gasteiger partial charge in [-0.05, 0) is 0 Å². The number of halogens is 1. The van der Waals surface area contributed by atoms with Crippen molar-refractivity contribution >= 4 is 20.1 Å². The largest absolute Gasteiger partial charge is 0.184 e. The van der Waals surface area contributed by atoms with Crippen LogP contribution < -0.4 is 0 Å². The van der Waals surface area contributed by atoms with E-state index in [9.17, 15) is 0 Å². The van der Waals surface area contributed by atoms with Crippen LogP contribution in [0.25, 0.3) is 0 Å². The smallest absolute Gasteiger partial charge is 0.171 e. The van der Waals surface area contributed by atoms with E-state index in [1.165, 1.54) is 0 Å². The molecule has 0 radical (unpaired) electrons. The number of benzene rings is 3. The number of hydrogen-bond donors (Lipinski definition) is 0. The molecule has 0 amide bonds. The molecular formula is C18H18ClNiP-3. The van der Waals surface area contributed by atoms with E-state index in [4.69, 9.17) is 0 Å². The first-order valence-corrected chi connectivity index (χ1v) is 7.21. The average Bonchev–Trinajstić information content (AvgIpc) is 2.62. The fourth-order valence-electron chi connectivity index (χ4n) is 1.03. The molecular weight excluding hydrogens is 341 g/mol. The molecule has 3 heteroatoms. The molecule has 0 saturated heterocycles. The molecule has 0 N–H and O–H groups in total. The normalized spacial score (nSPS) is 7.19. The van der Waals surface area contributed by atoms with E-state index in [1.807, 2.05) is 91.0 Å². The Bertz CT molecular complexity index is 308. The van der Waals surface area contributed by atoms with Crippen molar-refractivity contribution in [1.82, 2.24) is 0 Å². The quantitative estimate of drug-likeness (QED) is 0.294. The minimum Gasteiger partial charge on any atom is -0.184 e. The van der Waals surface area contributed by atoms with Gasteiger partial charge in [0.2, 0.25) is 0 Å². The average molecular weight is 359 g/mol. The molecule has 0 aromatic heterocycles. The molecule has 0 fully saturated rings. The molecule has 0 spiro atoms. The van der Waals surface area contributed by atoms with Gasteiger partial charge in [0, 0.05) is 0 Å². The van der Waals surface area contributed by atoms with E-state index in [1.54, 1.807) is 0 Å². The van der Waals surface area contributed by atoms with E-state index in [0.29, 0.717) is 0 Å². The second-order valence-corrected chi connectivity index (χ2v) is 3.23. The number of rotatable bonds is 0. The monoisotopic (exact) mass is 358 g/mol. The van der Waals surface area contributed by atoms with Crippen molar-refractivity contribution in [2.24, 2.45) is 0 Å². The Morgan fingerprint density at radius 2 is 0.619 bits per heavy atom. The predicted octanol–water partition coefficient (Wildman–Crippen LogP) is 5.21. The Balaban J connectivity index is 0. The van der Waals surface area contributed by atoms with Crippen molar-refractivity contribution in [3.8, 4) is 0 Å². The van der Waals surface area contributed by atoms with Gasteiger partial charge in [0.05, 0.1) is 0 Å². The van der Waals surface area contributed by atoms with E-state index in [-0.39, 0.29) is 9.90 Å². The van der Waals surface area contributed by atoms with E-state index in [2.05, 4.69) is 43.0 Å². The van der Waals surface area contributed by atoms with Crippen LogP contribution in [-0.4, -0.2) is 0 Å². The van der Waals surface area contributed by atoms with Crippen LogP contribution >= 0.6 is 20.1 Å².